The monoisotopic (exact) mass is 336 g/mol. The van der Waals surface area contributed by atoms with Crippen LogP contribution in [0.15, 0.2) is 48.5 Å². The zero-order chi connectivity index (χ0) is 15.9. The average molecular weight is 337 g/mol. The smallest absolute Gasteiger partial charge is 0.228 e. The van der Waals surface area contributed by atoms with Crippen molar-refractivity contribution in [2.45, 2.75) is 13.3 Å². The van der Waals surface area contributed by atoms with E-state index in [2.05, 4.69) is 5.32 Å². The highest BCUT2D eigenvalue weighted by molar-refractivity contribution is 6.39. The van der Waals surface area contributed by atoms with Gasteiger partial charge in [0.2, 0.25) is 5.91 Å². The van der Waals surface area contributed by atoms with Crippen LogP contribution in [-0.4, -0.2) is 19.0 Å². The van der Waals surface area contributed by atoms with Gasteiger partial charge in [0.05, 0.1) is 15.7 Å². The maximum Gasteiger partial charge on any atom is 0.228 e. The van der Waals surface area contributed by atoms with Gasteiger partial charge in [-0.2, -0.15) is 0 Å². The van der Waals surface area contributed by atoms with Gasteiger partial charge in [-0.3, -0.25) is 4.79 Å². The Bertz CT molecular complexity index is 612. The molecule has 1 amide bonds. The topological polar surface area (TPSA) is 32.3 Å². The van der Waals surface area contributed by atoms with Crippen molar-refractivity contribution in [3.05, 3.63) is 58.6 Å². The summed E-state index contributed by atoms with van der Waals surface area (Å²) in [6.45, 7) is 3.07. The summed E-state index contributed by atoms with van der Waals surface area (Å²) in [5.74, 6) is 0.0596. The number of nitrogens with zero attached hydrogens (tertiary/aromatic N) is 1. The van der Waals surface area contributed by atoms with E-state index in [-0.39, 0.29) is 5.91 Å². The molecular weight excluding hydrogens is 319 g/mol. The molecule has 0 saturated heterocycles. The van der Waals surface area contributed by atoms with Crippen molar-refractivity contribution in [3.63, 3.8) is 0 Å². The van der Waals surface area contributed by atoms with Gasteiger partial charge >= 0.3 is 0 Å². The standard InChI is InChI=1S/C17H18Cl2N2O/c1-2-21(13-7-4-3-5-8-13)16(22)11-12-20-17-14(18)9-6-10-15(17)19/h3-10,20H,2,11-12H2,1H3. The Labute approximate surface area is 140 Å². The number of amides is 1. The van der Waals surface area contributed by atoms with E-state index in [9.17, 15) is 4.79 Å². The molecule has 0 heterocycles. The van der Waals surface area contributed by atoms with Gasteiger partial charge in [-0.1, -0.05) is 47.5 Å². The van der Waals surface area contributed by atoms with Crippen LogP contribution in [0.5, 0.6) is 0 Å². The Balaban J connectivity index is 1.95. The molecule has 0 aliphatic heterocycles. The van der Waals surface area contributed by atoms with E-state index in [1.54, 1.807) is 23.1 Å². The minimum Gasteiger partial charge on any atom is -0.382 e. The van der Waals surface area contributed by atoms with E-state index in [0.29, 0.717) is 35.2 Å². The largest absolute Gasteiger partial charge is 0.382 e. The van der Waals surface area contributed by atoms with Crippen LogP contribution in [0.1, 0.15) is 13.3 Å². The summed E-state index contributed by atoms with van der Waals surface area (Å²) in [7, 11) is 0. The molecule has 2 aromatic carbocycles. The fraction of sp³-hybridized carbons (Fsp3) is 0.235. The van der Waals surface area contributed by atoms with Crippen LogP contribution in [0, 0.1) is 0 Å². The fourth-order valence-electron chi connectivity index (χ4n) is 2.21. The highest BCUT2D eigenvalue weighted by atomic mass is 35.5. The second kappa shape index (κ2) is 8.06. The molecule has 0 radical (unpaired) electrons. The predicted octanol–water partition coefficient (Wildman–Crippen LogP) is 4.85. The van der Waals surface area contributed by atoms with E-state index in [1.807, 2.05) is 37.3 Å². The third-order valence-electron chi connectivity index (χ3n) is 3.29. The molecule has 5 heteroatoms. The lowest BCUT2D eigenvalue weighted by atomic mass is 10.2. The minimum atomic E-state index is 0.0596. The third-order valence-corrected chi connectivity index (χ3v) is 3.92. The van der Waals surface area contributed by atoms with Crippen LogP contribution in [0.3, 0.4) is 0 Å². The van der Waals surface area contributed by atoms with Gasteiger partial charge in [-0.05, 0) is 31.2 Å². The summed E-state index contributed by atoms with van der Waals surface area (Å²) < 4.78 is 0. The number of rotatable bonds is 6. The Hall–Kier alpha value is -1.71. The summed E-state index contributed by atoms with van der Waals surface area (Å²) >= 11 is 12.2. The van der Waals surface area contributed by atoms with Crippen molar-refractivity contribution in [2.75, 3.05) is 23.3 Å². The van der Waals surface area contributed by atoms with Crippen molar-refractivity contribution in [1.82, 2.24) is 0 Å². The summed E-state index contributed by atoms with van der Waals surface area (Å²) in [5, 5.41) is 4.23. The molecule has 0 spiro atoms. The molecule has 1 N–H and O–H groups in total. The summed E-state index contributed by atoms with van der Waals surface area (Å²) in [4.78, 5) is 14.1. The number of halogens is 2. The first-order valence-electron chi connectivity index (χ1n) is 7.16. The molecule has 0 aliphatic rings. The van der Waals surface area contributed by atoms with Crippen LogP contribution in [-0.2, 0) is 4.79 Å². The molecule has 2 rings (SSSR count). The van der Waals surface area contributed by atoms with E-state index >= 15 is 0 Å². The lowest BCUT2D eigenvalue weighted by molar-refractivity contribution is -0.118. The average Bonchev–Trinajstić information content (AvgIpc) is 2.52. The van der Waals surface area contributed by atoms with Gasteiger partial charge in [0.15, 0.2) is 0 Å². The molecule has 2 aromatic rings. The Morgan fingerprint density at radius 2 is 1.68 bits per heavy atom. The van der Waals surface area contributed by atoms with Crippen molar-refractivity contribution >= 4 is 40.5 Å². The molecule has 0 aliphatic carbocycles. The van der Waals surface area contributed by atoms with Gasteiger partial charge in [-0.15, -0.1) is 0 Å². The van der Waals surface area contributed by atoms with Crippen molar-refractivity contribution in [2.24, 2.45) is 0 Å². The molecule has 0 aromatic heterocycles. The highest BCUT2D eigenvalue weighted by Gasteiger charge is 2.13. The number of para-hydroxylation sites is 2. The quantitative estimate of drug-likeness (QED) is 0.817. The molecule has 0 saturated carbocycles. The summed E-state index contributed by atoms with van der Waals surface area (Å²) in [6.07, 6.45) is 0.365. The Kier molecular flexibility index (Phi) is 6.10. The van der Waals surface area contributed by atoms with E-state index in [1.165, 1.54) is 0 Å². The van der Waals surface area contributed by atoms with Gasteiger partial charge in [0.1, 0.15) is 0 Å². The molecule has 0 unspecified atom stereocenters. The van der Waals surface area contributed by atoms with Crippen molar-refractivity contribution in [1.29, 1.82) is 0 Å². The maximum atomic E-state index is 12.4. The fourth-order valence-corrected chi connectivity index (χ4v) is 2.74. The number of hydrogen-bond acceptors (Lipinski definition) is 2. The maximum absolute atomic E-state index is 12.4. The summed E-state index contributed by atoms with van der Waals surface area (Å²) in [6, 6.07) is 15.0. The number of benzene rings is 2. The van der Waals surface area contributed by atoms with Crippen LogP contribution in [0.2, 0.25) is 10.0 Å². The predicted molar refractivity (Wildman–Crippen MR) is 94.0 cm³/mol. The van der Waals surface area contributed by atoms with Gasteiger partial charge < -0.3 is 10.2 Å². The van der Waals surface area contributed by atoms with Gasteiger partial charge in [0, 0.05) is 25.2 Å². The minimum absolute atomic E-state index is 0.0596. The first-order chi connectivity index (χ1) is 10.6. The van der Waals surface area contributed by atoms with Crippen LogP contribution in [0.25, 0.3) is 0 Å². The lowest BCUT2D eigenvalue weighted by Crippen LogP contribution is -2.31. The number of carbonyl (C=O) groups is 1. The molecule has 116 valence electrons. The molecule has 22 heavy (non-hydrogen) atoms. The normalized spacial score (nSPS) is 10.3. The van der Waals surface area contributed by atoms with Crippen molar-refractivity contribution in [3.8, 4) is 0 Å². The Morgan fingerprint density at radius 3 is 2.27 bits per heavy atom. The van der Waals surface area contributed by atoms with Gasteiger partial charge in [0.25, 0.3) is 0 Å². The summed E-state index contributed by atoms with van der Waals surface area (Å²) in [5.41, 5.74) is 1.58. The second-order valence-corrected chi connectivity index (χ2v) is 5.56. The highest BCUT2D eigenvalue weighted by Crippen LogP contribution is 2.29. The number of nitrogens with one attached hydrogen (secondary N) is 1. The molecule has 0 atom stereocenters. The van der Waals surface area contributed by atoms with E-state index in [4.69, 9.17) is 23.2 Å². The Morgan fingerprint density at radius 1 is 1.05 bits per heavy atom. The van der Waals surface area contributed by atoms with Crippen molar-refractivity contribution < 1.29 is 4.79 Å². The van der Waals surface area contributed by atoms with Crippen LogP contribution in [0.4, 0.5) is 11.4 Å². The lowest BCUT2D eigenvalue weighted by Gasteiger charge is -2.21. The second-order valence-electron chi connectivity index (χ2n) is 4.75. The SMILES string of the molecule is CCN(C(=O)CCNc1c(Cl)cccc1Cl)c1ccccc1. The molecule has 0 fully saturated rings. The molecule has 3 nitrogen and oxygen atoms in total. The number of hydrogen-bond donors (Lipinski definition) is 1. The van der Waals surface area contributed by atoms with Crippen LogP contribution >= 0.6 is 23.2 Å². The molecular formula is C17H18Cl2N2O. The van der Waals surface area contributed by atoms with E-state index in [0.717, 1.165) is 5.69 Å². The van der Waals surface area contributed by atoms with Gasteiger partial charge in [-0.25, -0.2) is 0 Å². The number of carbonyl (C=O) groups excluding carboxylic acids is 1. The van der Waals surface area contributed by atoms with E-state index < -0.39 is 0 Å². The zero-order valence-corrected chi connectivity index (χ0v) is 13.9. The number of anilines is 2. The zero-order valence-electron chi connectivity index (χ0n) is 12.4. The third kappa shape index (κ3) is 4.15. The first kappa shape index (κ1) is 16.7. The molecule has 0 bridgehead atoms. The van der Waals surface area contributed by atoms with Crippen LogP contribution < -0.4 is 10.2 Å². The first-order valence-corrected chi connectivity index (χ1v) is 7.92.